The number of dihydropyridines is 1. The molecule has 0 amide bonds. The lowest BCUT2D eigenvalue weighted by atomic mass is 10.2. The number of benzene rings is 1. The van der Waals surface area contributed by atoms with Gasteiger partial charge < -0.3 is 5.32 Å². The molecule has 0 saturated carbocycles. The first-order chi connectivity index (χ1) is 9.27. The average Bonchev–Trinajstić information content (AvgIpc) is 2.82. The number of rotatable bonds is 2. The molecule has 4 nitrogen and oxygen atoms in total. The third-order valence-corrected chi connectivity index (χ3v) is 3.44. The zero-order chi connectivity index (χ0) is 13.2. The Morgan fingerprint density at radius 3 is 2.89 bits per heavy atom. The maximum absolute atomic E-state index is 6.24. The number of hydrogen-bond donors (Lipinski definition) is 2. The number of aromatic nitrogens is 3. The molecule has 1 aromatic carbocycles. The predicted molar refractivity (Wildman–Crippen MR) is 78.9 cm³/mol. The summed E-state index contributed by atoms with van der Waals surface area (Å²) >= 11 is 11.5. The fourth-order valence-corrected chi connectivity index (χ4v) is 2.42. The Hall–Kier alpha value is -1.85. The van der Waals surface area contributed by atoms with E-state index in [0.717, 1.165) is 23.6 Å². The molecule has 6 heteroatoms. The van der Waals surface area contributed by atoms with Crippen LogP contribution in [0.15, 0.2) is 42.6 Å². The van der Waals surface area contributed by atoms with E-state index in [1.54, 1.807) is 0 Å². The standard InChI is InChI=1S/C13H11ClN4S/c14-10-3-1-2-4-11(10)18-12(16-17-13(18)19)9-5-7-15-8-6-9/h1-7,15H,8H2,(H,17,19). The van der Waals surface area contributed by atoms with Crippen molar-refractivity contribution in [3.8, 4) is 5.69 Å². The number of H-pyrrole nitrogens is 1. The van der Waals surface area contributed by atoms with Crippen LogP contribution in [-0.4, -0.2) is 21.3 Å². The highest BCUT2D eigenvalue weighted by Gasteiger charge is 2.14. The molecule has 0 fully saturated rings. The van der Waals surface area contributed by atoms with E-state index in [2.05, 4.69) is 21.6 Å². The van der Waals surface area contributed by atoms with Crippen molar-refractivity contribution < 1.29 is 0 Å². The molecule has 0 spiro atoms. The molecule has 1 aromatic heterocycles. The topological polar surface area (TPSA) is 45.6 Å². The van der Waals surface area contributed by atoms with E-state index in [1.807, 2.05) is 41.1 Å². The van der Waals surface area contributed by atoms with Crippen LogP contribution in [0, 0.1) is 4.77 Å². The Kier molecular flexibility index (Phi) is 3.23. The summed E-state index contributed by atoms with van der Waals surface area (Å²) in [6.07, 6.45) is 5.91. The average molecular weight is 291 g/mol. The Labute approximate surface area is 120 Å². The zero-order valence-electron chi connectivity index (χ0n) is 9.93. The van der Waals surface area contributed by atoms with Crippen molar-refractivity contribution in [3.63, 3.8) is 0 Å². The molecule has 0 radical (unpaired) electrons. The highest BCUT2D eigenvalue weighted by molar-refractivity contribution is 7.71. The number of aromatic amines is 1. The molecule has 0 bridgehead atoms. The SMILES string of the molecule is S=c1[nH]nc(C2=CCNC=C2)n1-c1ccccc1Cl. The van der Waals surface area contributed by atoms with Gasteiger partial charge in [-0.2, -0.15) is 5.10 Å². The van der Waals surface area contributed by atoms with Crippen LogP contribution in [0.2, 0.25) is 5.02 Å². The molecular weight excluding hydrogens is 280 g/mol. The Morgan fingerprint density at radius 2 is 2.16 bits per heavy atom. The fraction of sp³-hybridized carbons (Fsp3) is 0.0769. The zero-order valence-corrected chi connectivity index (χ0v) is 11.5. The van der Waals surface area contributed by atoms with E-state index >= 15 is 0 Å². The van der Waals surface area contributed by atoms with Crippen molar-refractivity contribution in [3.05, 3.63) is 58.2 Å². The number of halogens is 1. The van der Waals surface area contributed by atoms with E-state index in [1.165, 1.54) is 0 Å². The molecule has 0 atom stereocenters. The van der Waals surface area contributed by atoms with Crippen LogP contribution < -0.4 is 5.32 Å². The molecule has 1 aliphatic heterocycles. The van der Waals surface area contributed by atoms with E-state index in [9.17, 15) is 0 Å². The van der Waals surface area contributed by atoms with Crippen LogP contribution in [0.1, 0.15) is 5.82 Å². The molecule has 0 aliphatic carbocycles. The summed E-state index contributed by atoms with van der Waals surface area (Å²) in [5.41, 5.74) is 1.83. The van der Waals surface area contributed by atoms with Gasteiger partial charge in [0.2, 0.25) is 0 Å². The summed E-state index contributed by atoms with van der Waals surface area (Å²) in [5.74, 6) is 0.760. The smallest absolute Gasteiger partial charge is 0.200 e. The quantitative estimate of drug-likeness (QED) is 0.836. The van der Waals surface area contributed by atoms with Crippen molar-refractivity contribution in [2.75, 3.05) is 6.54 Å². The Bertz CT molecular complexity index is 726. The van der Waals surface area contributed by atoms with Gasteiger partial charge in [-0.15, -0.1) is 0 Å². The first-order valence-electron chi connectivity index (χ1n) is 5.80. The van der Waals surface area contributed by atoms with Crippen LogP contribution in [0.4, 0.5) is 0 Å². The third-order valence-electron chi connectivity index (χ3n) is 2.84. The second-order valence-corrected chi connectivity index (χ2v) is 4.83. The number of hydrogen-bond acceptors (Lipinski definition) is 3. The van der Waals surface area contributed by atoms with Gasteiger partial charge >= 0.3 is 0 Å². The molecule has 3 rings (SSSR count). The van der Waals surface area contributed by atoms with Crippen molar-refractivity contribution in [1.29, 1.82) is 0 Å². The van der Waals surface area contributed by atoms with Gasteiger partial charge in [-0.05, 0) is 36.6 Å². The second-order valence-electron chi connectivity index (χ2n) is 4.04. The van der Waals surface area contributed by atoms with Gasteiger partial charge in [-0.25, -0.2) is 0 Å². The van der Waals surface area contributed by atoms with Crippen LogP contribution in [0.3, 0.4) is 0 Å². The van der Waals surface area contributed by atoms with Crippen molar-refractivity contribution in [2.45, 2.75) is 0 Å². The van der Waals surface area contributed by atoms with Crippen LogP contribution >= 0.6 is 23.8 Å². The van der Waals surface area contributed by atoms with Gasteiger partial charge in [-0.1, -0.05) is 29.8 Å². The minimum absolute atomic E-state index is 0.524. The Morgan fingerprint density at radius 1 is 1.32 bits per heavy atom. The summed E-state index contributed by atoms with van der Waals surface area (Å²) in [7, 11) is 0. The van der Waals surface area contributed by atoms with E-state index < -0.39 is 0 Å². The van der Waals surface area contributed by atoms with Gasteiger partial charge in [0.15, 0.2) is 10.6 Å². The summed E-state index contributed by atoms with van der Waals surface area (Å²) in [6.45, 7) is 0.772. The first kappa shape index (κ1) is 12.2. The number of nitrogens with one attached hydrogen (secondary N) is 2. The third kappa shape index (κ3) is 2.22. The van der Waals surface area contributed by atoms with Crippen LogP contribution in [0.5, 0.6) is 0 Å². The Balaban J connectivity index is 2.20. The second kappa shape index (κ2) is 5.03. The maximum atomic E-state index is 6.24. The van der Waals surface area contributed by atoms with Crippen LogP contribution in [0.25, 0.3) is 11.3 Å². The molecule has 1 aliphatic rings. The van der Waals surface area contributed by atoms with Gasteiger partial charge in [-0.3, -0.25) is 9.67 Å². The molecule has 0 unspecified atom stereocenters. The minimum atomic E-state index is 0.524. The van der Waals surface area contributed by atoms with E-state index in [4.69, 9.17) is 23.8 Å². The van der Waals surface area contributed by atoms with Gasteiger partial charge in [0, 0.05) is 12.1 Å². The highest BCUT2D eigenvalue weighted by Crippen LogP contribution is 2.25. The van der Waals surface area contributed by atoms with Crippen molar-refractivity contribution in [2.24, 2.45) is 0 Å². The summed E-state index contributed by atoms with van der Waals surface area (Å²) < 4.78 is 2.37. The molecule has 2 N–H and O–H groups in total. The number of para-hydroxylation sites is 1. The van der Waals surface area contributed by atoms with Gasteiger partial charge in [0.05, 0.1) is 10.7 Å². The predicted octanol–water partition coefficient (Wildman–Crippen LogP) is 3.08. The number of nitrogens with zero attached hydrogens (tertiary/aromatic N) is 2. The summed E-state index contributed by atoms with van der Waals surface area (Å²) in [5, 5.41) is 10.9. The summed E-state index contributed by atoms with van der Waals surface area (Å²) in [6, 6.07) is 7.57. The molecule has 2 heterocycles. The van der Waals surface area contributed by atoms with Gasteiger partial charge in [0.1, 0.15) is 0 Å². The minimum Gasteiger partial charge on any atom is -0.387 e. The maximum Gasteiger partial charge on any atom is 0.200 e. The molecule has 2 aromatic rings. The van der Waals surface area contributed by atoms with E-state index in [0.29, 0.717) is 9.79 Å². The van der Waals surface area contributed by atoms with Crippen molar-refractivity contribution in [1.82, 2.24) is 20.1 Å². The number of allylic oxidation sites excluding steroid dienone is 2. The largest absolute Gasteiger partial charge is 0.387 e. The molecule has 96 valence electrons. The molecular formula is C13H11ClN4S. The lowest BCUT2D eigenvalue weighted by molar-refractivity contribution is 0.958. The lowest BCUT2D eigenvalue weighted by Gasteiger charge is -2.11. The normalized spacial score (nSPS) is 14.1. The lowest BCUT2D eigenvalue weighted by Crippen LogP contribution is -2.10. The van der Waals surface area contributed by atoms with Crippen LogP contribution in [-0.2, 0) is 0 Å². The first-order valence-corrected chi connectivity index (χ1v) is 6.59. The highest BCUT2D eigenvalue weighted by atomic mass is 35.5. The molecule has 0 saturated heterocycles. The monoisotopic (exact) mass is 290 g/mol. The van der Waals surface area contributed by atoms with E-state index in [-0.39, 0.29) is 0 Å². The van der Waals surface area contributed by atoms with Crippen molar-refractivity contribution >= 4 is 29.4 Å². The van der Waals surface area contributed by atoms with Gasteiger partial charge in [0.25, 0.3) is 0 Å². The summed E-state index contributed by atoms with van der Waals surface area (Å²) in [4.78, 5) is 0. The fourth-order valence-electron chi connectivity index (χ4n) is 1.97. The molecule has 19 heavy (non-hydrogen) atoms.